The van der Waals surface area contributed by atoms with E-state index < -0.39 is 14.3 Å². The van der Waals surface area contributed by atoms with Crippen LogP contribution >= 0.6 is 0 Å². The van der Waals surface area contributed by atoms with Gasteiger partial charge in [0.25, 0.3) is 9.76 Å². The zero-order valence-corrected chi connectivity index (χ0v) is 13.1. The van der Waals surface area contributed by atoms with Gasteiger partial charge >= 0.3 is 0 Å². The van der Waals surface area contributed by atoms with Gasteiger partial charge in [-0.05, 0) is 43.7 Å². The lowest BCUT2D eigenvalue weighted by Crippen LogP contribution is -2.53. The summed E-state index contributed by atoms with van der Waals surface area (Å²) in [6.45, 7) is 11.2. The van der Waals surface area contributed by atoms with Crippen LogP contribution in [-0.4, -0.2) is 29.1 Å². The Hall–Kier alpha value is 0.354. The minimum atomic E-state index is -0.687. The number of hydrogen-bond donors (Lipinski definition) is 1. The summed E-state index contributed by atoms with van der Waals surface area (Å²) in [5.74, 6) is 0.683. The molecular formula is C12H23O2Si2. The molecule has 3 unspecified atom stereocenters. The van der Waals surface area contributed by atoms with Gasteiger partial charge in [-0.2, -0.15) is 0 Å². The molecule has 2 rings (SSSR count). The molecular weight excluding hydrogens is 232 g/mol. The van der Waals surface area contributed by atoms with E-state index in [2.05, 4.69) is 33.9 Å². The van der Waals surface area contributed by atoms with Crippen LogP contribution in [0, 0.1) is 16.7 Å². The van der Waals surface area contributed by atoms with Crippen molar-refractivity contribution < 1.29 is 9.22 Å². The highest BCUT2D eigenvalue weighted by molar-refractivity contribution is 6.57. The Bertz CT molecular complexity index is 293. The highest BCUT2D eigenvalue weighted by Crippen LogP contribution is 2.69. The van der Waals surface area contributed by atoms with E-state index in [9.17, 15) is 5.11 Å². The first-order chi connectivity index (χ1) is 7.23. The fourth-order valence-electron chi connectivity index (χ4n) is 3.62. The molecule has 91 valence electrons. The second kappa shape index (κ2) is 3.67. The normalized spacial score (nSPS) is 45.6. The smallest absolute Gasteiger partial charge is 0.253 e. The standard InChI is InChI=1S/C12H23O2Si2/c1-10(2)9-6-7-11(10,3)12(13,8-9)15-14-16(4)5/h9,13H,6-8H2,1-5H3. The van der Waals surface area contributed by atoms with E-state index in [4.69, 9.17) is 4.12 Å². The molecule has 4 heteroatoms. The number of rotatable bonds is 3. The van der Waals surface area contributed by atoms with Crippen LogP contribution in [0.4, 0.5) is 0 Å². The Morgan fingerprint density at radius 3 is 2.31 bits per heavy atom. The first-order valence-corrected chi connectivity index (χ1v) is 9.51. The Morgan fingerprint density at radius 1 is 1.31 bits per heavy atom. The van der Waals surface area contributed by atoms with Gasteiger partial charge < -0.3 is 9.22 Å². The van der Waals surface area contributed by atoms with Crippen molar-refractivity contribution in [2.75, 3.05) is 0 Å². The molecule has 0 aromatic heterocycles. The fourth-order valence-corrected chi connectivity index (χ4v) is 6.11. The zero-order valence-electron chi connectivity index (χ0n) is 11.1. The van der Waals surface area contributed by atoms with Crippen LogP contribution in [0.5, 0.6) is 0 Å². The zero-order chi connectivity index (χ0) is 12.2. The fraction of sp³-hybridized carbons (Fsp3) is 1.00. The monoisotopic (exact) mass is 255 g/mol. The molecule has 0 saturated heterocycles. The molecule has 1 N–H and O–H groups in total. The molecule has 2 bridgehead atoms. The molecule has 3 radical (unpaired) electrons. The molecule has 16 heavy (non-hydrogen) atoms. The quantitative estimate of drug-likeness (QED) is 0.785. The van der Waals surface area contributed by atoms with Crippen LogP contribution in [-0.2, 0) is 4.12 Å². The Balaban J connectivity index is 2.19. The van der Waals surface area contributed by atoms with E-state index in [-0.39, 0.29) is 20.6 Å². The van der Waals surface area contributed by atoms with Crippen LogP contribution in [0.2, 0.25) is 13.1 Å². The highest BCUT2D eigenvalue weighted by Gasteiger charge is 2.68. The molecule has 0 aromatic rings. The lowest BCUT2D eigenvalue weighted by atomic mass is 9.69. The summed E-state index contributed by atoms with van der Waals surface area (Å²) in [5.41, 5.74) is 0.326. The van der Waals surface area contributed by atoms with E-state index in [1.165, 1.54) is 6.42 Å². The van der Waals surface area contributed by atoms with Crippen molar-refractivity contribution in [1.82, 2.24) is 0 Å². The summed E-state index contributed by atoms with van der Waals surface area (Å²) < 4.78 is 5.82. The Kier molecular flexibility index (Phi) is 2.94. The van der Waals surface area contributed by atoms with E-state index in [1.54, 1.807) is 0 Å². The van der Waals surface area contributed by atoms with Gasteiger partial charge in [-0.1, -0.05) is 20.8 Å². The summed E-state index contributed by atoms with van der Waals surface area (Å²) in [6, 6.07) is 0. The van der Waals surface area contributed by atoms with Crippen LogP contribution in [0.25, 0.3) is 0 Å². The molecule has 0 amide bonds. The third kappa shape index (κ3) is 1.50. The summed E-state index contributed by atoms with van der Waals surface area (Å²) in [7, 11) is -0.412. The molecule has 2 fully saturated rings. The van der Waals surface area contributed by atoms with Crippen LogP contribution < -0.4 is 0 Å². The third-order valence-corrected chi connectivity index (χ3v) is 8.45. The van der Waals surface area contributed by atoms with Gasteiger partial charge in [0, 0.05) is 5.41 Å². The predicted octanol–water partition coefficient (Wildman–Crippen LogP) is 2.41. The molecule has 0 heterocycles. The van der Waals surface area contributed by atoms with Crippen molar-refractivity contribution in [3.63, 3.8) is 0 Å². The maximum Gasteiger partial charge on any atom is 0.253 e. The summed E-state index contributed by atoms with van der Waals surface area (Å²) >= 11 is 0. The summed E-state index contributed by atoms with van der Waals surface area (Å²) in [5, 5.41) is 10.4. The van der Waals surface area contributed by atoms with E-state index in [0.717, 1.165) is 12.8 Å². The van der Waals surface area contributed by atoms with Gasteiger partial charge in [0.05, 0.1) is 5.22 Å². The van der Waals surface area contributed by atoms with Crippen molar-refractivity contribution in [3.05, 3.63) is 0 Å². The Morgan fingerprint density at radius 2 is 1.94 bits per heavy atom. The highest BCUT2D eigenvalue weighted by atomic mass is 28.3. The topological polar surface area (TPSA) is 29.5 Å². The van der Waals surface area contributed by atoms with Crippen molar-refractivity contribution in [1.29, 1.82) is 0 Å². The molecule has 0 aliphatic heterocycles. The van der Waals surface area contributed by atoms with Crippen molar-refractivity contribution in [2.45, 2.75) is 58.4 Å². The molecule has 0 aromatic carbocycles. The number of aliphatic hydroxyl groups is 1. The third-order valence-electron chi connectivity index (χ3n) is 5.31. The average Bonchev–Trinajstić information content (AvgIpc) is 2.47. The van der Waals surface area contributed by atoms with Crippen molar-refractivity contribution >= 4 is 18.8 Å². The van der Waals surface area contributed by atoms with Gasteiger partial charge in [-0.3, -0.25) is 0 Å². The van der Waals surface area contributed by atoms with Crippen LogP contribution in [0.15, 0.2) is 0 Å². The van der Waals surface area contributed by atoms with Gasteiger partial charge in [0.15, 0.2) is 9.04 Å². The van der Waals surface area contributed by atoms with Crippen LogP contribution in [0.1, 0.15) is 40.0 Å². The molecule has 3 atom stereocenters. The van der Waals surface area contributed by atoms with Gasteiger partial charge in [-0.15, -0.1) is 0 Å². The number of hydrogen-bond acceptors (Lipinski definition) is 2. The molecule has 2 aliphatic rings. The molecule has 2 aliphatic carbocycles. The largest absolute Gasteiger partial charge is 0.455 e. The van der Waals surface area contributed by atoms with E-state index in [0.29, 0.717) is 5.92 Å². The summed E-state index contributed by atoms with van der Waals surface area (Å²) in [6.07, 6.45) is 3.39. The minimum Gasteiger partial charge on any atom is -0.455 e. The SMILES string of the molecule is C[Si](C)O[Si]C1(O)CC2CCC1(C)C2(C)C. The van der Waals surface area contributed by atoms with Crippen LogP contribution in [0.3, 0.4) is 0 Å². The first-order valence-electron chi connectivity index (χ1n) is 6.19. The van der Waals surface area contributed by atoms with Gasteiger partial charge in [0.2, 0.25) is 0 Å². The lowest BCUT2D eigenvalue weighted by Gasteiger charge is -2.44. The van der Waals surface area contributed by atoms with Crippen molar-refractivity contribution in [2.24, 2.45) is 16.7 Å². The lowest BCUT2D eigenvalue weighted by molar-refractivity contribution is -0.0322. The second-order valence-corrected chi connectivity index (χ2v) is 10.1. The predicted molar refractivity (Wildman–Crippen MR) is 68.5 cm³/mol. The summed E-state index contributed by atoms with van der Waals surface area (Å²) in [4.78, 5) is 0. The Labute approximate surface area is 103 Å². The van der Waals surface area contributed by atoms with E-state index in [1.807, 2.05) is 0 Å². The van der Waals surface area contributed by atoms with Gasteiger partial charge in [0.1, 0.15) is 0 Å². The van der Waals surface area contributed by atoms with E-state index >= 15 is 0 Å². The average molecular weight is 255 g/mol. The second-order valence-electron chi connectivity index (χ2n) is 6.47. The van der Waals surface area contributed by atoms with Gasteiger partial charge in [-0.25, -0.2) is 0 Å². The first kappa shape index (κ1) is 12.8. The molecule has 0 spiro atoms. The minimum absolute atomic E-state index is 0.0560. The molecule has 2 saturated carbocycles. The number of fused-ring (bicyclic) bond motifs is 2. The van der Waals surface area contributed by atoms with Crippen molar-refractivity contribution in [3.8, 4) is 0 Å². The maximum atomic E-state index is 10.9. The molecule has 2 nitrogen and oxygen atoms in total. The maximum absolute atomic E-state index is 10.9.